The molecule has 0 unspecified atom stereocenters. The first-order valence-corrected chi connectivity index (χ1v) is 3.47. The Kier molecular flexibility index (Phi) is 2.38. The molecule has 0 amide bonds. The van der Waals surface area contributed by atoms with Crippen LogP contribution in [0.4, 0.5) is 0 Å². The molecular formula is C7H11N3O. The Morgan fingerprint density at radius 1 is 1.55 bits per heavy atom. The molecule has 0 aliphatic rings. The van der Waals surface area contributed by atoms with E-state index in [2.05, 4.69) is 14.8 Å². The zero-order valence-electron chi connectivity index (χ0n) is 6.66. The number of hydrogen-bond donors (Lipinski definition) is 1. The lowest BCUT2D eigenvalue weighted by atomic mass is 10.3. The van der Waals surface area contributed by atoms with Crippen LogP contribution in [0.5, 0.6) is 5.88 Å². The second kappa shape index (κ2) is 3.30. The predicted octanol–water partition coefficient (Wildman–Crippen LogP) is 0.600. The molecule has 11 heavy (non-hydrogen) atoms. The molecule has 0 saturated heterocycles. The fourth-order valence-electron chi connectivity index (χ4n) is 0.841. The van der Waals surface area contributed by atoms with Crippen LogP contribution < -0.4 is 10.7 Å². The quantitative estimate of drug-likeness (QED) is 0.632. The van der Waals surface area contributed by atoms with Gasteiger partial charge in [-0.1, -0.05) is 6.92 Å². The van der Waals surface area contributed by atoms with Gasteiger partial charge in [-0.2, -0.15) is 10.9 Å². The second-order valence-corrected chi connectivity index (χ2v) is 2.22. The summed E-state index contributed by atoms with van der Waals surface area (Å²) in [6, 6.07) is 1.73. The lowest BCUT2D eigenvalue weighted by molar-refractivity contribution is 0.318. The van der Waals surface area contributed by atoms with Gasteiger partial charge in [0.15, 0.2) is 0 Å². The highest BCUT2D eigenvalue weighted by atomic mass is 16.6. The van der Waals surface area contributed by atoms with Gasteiger partial charge in [-0.3, -0.25) is 0 Å². The molecule has 4 nitrogen and oxygen atoms in total. The third-order valence-electron chi connectivity index (χ3n) is 1.35. The van der Waals surface area contributed by atoms with Crippen LogP contribution in [0.3, 0.4) is 0 Å². The third-order valence-corrected chi connectivity index (χ3v) is 1.35. The third kappa shape index (κ3) is 1.88. The number of nitrogens with two attached hydrogens (primary N) is 1. The zero-order chi connectivity index (χ0) is 8.27. The molecule has 1 rings (SSSR count). The van der Waals surface area contributed by atoms with Crippen molar-refractivity contribution in [2.75, 3.05) is 0 Å². The SMILES string of the molecule is CCc1cc(ON)nc(C)n1. The van der Waals surface area contributed by atoms with Crippen LogP contribution in [0.1, 0.15) is 18.4 Å². The Morgan fingerprint density at radius 2 is 2.27 bits per heavy atom. The van der Waals surface area contributed by atoms with Gasteiger partial charge in [0.05, 0.1) is 0 Å². The van der Waals surface area contributed by atoms with Crippen LogP contribution in [-0.2, 0) is 6.42 Å². The minimum Gasteiger partial charge on any atom is -0.391 e. The van der Waals surface area contributed by atoms with Crippen molar-refractivity contribution in [3.05, 3.63) is 17.6 Å². The van der Waals surface area contributed by atoms with Crippen molar-refractivity contribution in [3.63, 3.8) is 0 Å². The van der Waals surface area contributed by atoms with E-state index >= 15 is 0 Å². The molecular weight excluding hydrogens is 142 g/mol. The van der Waals surface area contributed by atoms with Gasteiger partial charge < -0.3 is 4.84 Å². The number of aryl methyl sites for hydroxylation is 2. The van der Waals surface area contributed by atoms with Gasteiger partial charge >= 0.3 is 0 Å². The highest BCUT2D eigenvalue weighted by molar-refractivity contribution is 5.15. The molecule has 0 fully saturated rings. The topological polar surface area (TPSA) is 61.0 Å². The highest BCUT2D eigenvalue weighted by Gasteiger charge is 1.98. The molecule has 1 aromatic rings. The average Bonchev–Trinajstić information content (AvgIpc) is 2.03. The van der Waals surface area contributed by atoms with Crippen LogP contribution in [0, 0.1) is 6.92 Å². The Hall–Kier alpha value is -1.16. The zero-order valence-corrected chi connectivity index (χ0v) is 6.66. The Balaban J connectivity index is 3.02. The van der Waals surface area contributed by atoms with Gasteiger partial charge in [0, 0.05) is 11.8 Å². The van der Waals surface area contributed by atoms with Crippen molar-refractivity contribution >= 4 is 0 Å². The monoisotopic (exact) mass is 153 g/mol. The summed E-state index contributed by atoms with van der Waals surface area (Å²) in [6.45, 7) is 3.82. The van der Waals surface area contributed by atoms with Crippen molar-refractivity contribution in [2.24, 2.45) is 5.90 Å². The number of hydrogen-bond acceptors (Lipinski definition) is 4. The summed E-state index contributed by atoms with van der Waals surface area (Å²) in [6.07, 6.45) is 0.861. The van der Waals surface area contributed by atoms with Crippen LogP contribution in [-0.4, -0.2) is 9.97 Å². The van der Waals surface area contributed by atoms with E-state index in [9.17, 15) is 0 Å². The molecule has 0 aliphatic heterocycles. The molecule has 0 radical (unpaired) electrons. The van der Waals surface area contributed by atoms with Crippen LogP contribution >= 0.6 is 0 Å². The van der Waals surface area contributed by atoms with Gasteiger partial charge in [-0.15, -0.1) is 0 Å². The summed E-state index contributed by atoms with van der Waals surface area (Å²) in [5, 5.41) is 0. The van der Waals surface area contributed by atoms with E-state index in [1.807, 2.05) is 13.8 Å². The Bertz CT molecular complexity index is 227. The maximum Gasteiger partial charge on any atom is 0.240 e. The molecule has 0 bridgehead atoms. The molecule has 0 atom stereocenters. The summed E-state index contributed by atoms with van der Waals surface area (Å²) < 4.78 is 0. The Morgan fingerprint density at radius 3 is 2.82 bits per heavy atom. The van der Waals surface area contributed by atoms with Crippen molar-refractivity contribution in [2.45, 2.75) is 20.3 Å². The normalized spacial score (nSPS) is 9.73. The van der Waals surface area contributed by atoms with Crippen LogP contribution in [0.2, 0.25) is 0 Å². The molecule has 2 N–H and O–H groups in total. The first-order chi connectivity index (χ1) is 5.26. The minimum atomic E-state index is 0.425. The van der Waals surface area contributed by atoms with Gasteiger partial charge in [0.2, 0.25) is 5.88 Å². The predicted molar refractivity (Wildman–Crippen MR) is 41.0 cm³/mol. The van der Waals surface area contributed by atoms with Crippen molar-refractivity contribution < 1.29 is 4.84 Å². The first kappa shape index (κ1) is 7.94. The lowest BCUT2D eigenvalue weighted by Gasteiger charge is -2.00. The average molecular weight is 153 g/mol. The van der Waals surface area contributed by atoms with E-state index in [4.69, 9.17) is 5.90 Å². The van der Waals surface area contributed by atoms with Crippen LogP contribution in [0.25, 0.3) is 0 Å². The summed E-state index contributed by atoms with van der Waals surface area (Å²) in [5.74, 6) is 6.06. The highest BCUT2D eigenvalue weighted by Crippen LogP contribution is 2.07. The fourth-order valence-corrected chi connectivity index (χ4v) is 0.841. The van der Waals surface area contributed by atoms with Gasteiger partial charge in [-0.25, -0.2) is 4.98 Å². The van der Waals surface area contributed by atoms with Crippen LogP contribution in [0.15, 0.2) is 6.07 Å². The molecule has 60 valence electrons. The largest absolute Gasteiger partial charge is 0.391 e. The van der Waals surface area contributed by atoms with Gasteiger partial charge in [-0.05, 0) is 13.3 Å². The number of nitrogens with zero attached hydrogens (tertiary/aromatic N) is 2. The molecule has 4 heteroatoms. The maximum atomic E-state index is 4.95. The van der Waals surface area contributed by atoms with E-state index < -0.39 is 0 Å². The van der Waals surface area contributed by atoms with Crippen molar-refractivity contribution in [3.8, 4) is 5.88 Å². The summed E-state index contributed by atoms with van der Waals surface area (Å²) in [5.41, 5.74) is 0.943. The fraction of sp³-hybridized carbons (Fsp3) is 0.429. The first-order valence-electron chi connectivity index (χ1n) is 3.47. The molecule has 0 aromatic carbocycles. The van der Waals surface area contributed by atoms with Gasteiger partial charge in [0.25, 0.3) is 0 Å². The summed E-state index contributed by atoms with van der Waals surface area (Å²) in [7, 11) is 0. The molecule has 0 saturated carbocycles. The Labute approximate surface area is 65.4 Å². The summed E-state index contributed by atoms with van der Waals surface area (Å²) in [4.78, 5) is 12.6. The van der Waals surface area contributed by atoms with Gasteiger partial charge in [0.1, 0.15) is 5.82 Å². The second-order valence-electron chi connectivity index (χ2n) is 2.22. The maximum absolute atomic E-state index is 4.95. The number of rotatable bonds is 2. The van der Waals surface area contributed by atoms with Crippen molar-refractivity contribution in [1.82, 2.24) is 9.97 Å². The number of aromatic nitrogens is 2. The van der Waals surface area contributed by atoms with E-state index in [1.165, 1.54) is 0 Å². The van der Waals surface area contributed by atoms with E-state index in [1.54, 1.807) is 6.07 Å². The lowest BCUT2D eigenvalue weighted by Crippen LogP contribution is -2.06. The molecule has 1 aromatic heterocycles. The molecule has 1 heterocycles. The minimum absolute atomic E-state index is 0.425. The van der Waals surface area contributed by atoms with E-state index in [-0.39, 0.29) is 0 Å². The van der Waals surface area contributed by atoms with E-state index in [0.29, 0.717) is 11.7 Å². The standard InChI is InChI=1S/C7H11N3O/c1-3-6-4-7(11-8)10-5(2)9-6/h4H,3,8H2,1-2H3. The van der Waals surface area contributed by atoms with Crippen molar-refractivity contribution in [1.29, 1.82) is 0 Å². The molecule has 0 spiro atoms. The summed E-state index contributed by atoms with van der Waals surface area (Å²) >= 11 is 0. The molecule has 0 aliphatic carbocycles. The smallest absolute Gasteiger partial charge is 0.240 e. The van der Waals surface area contributed by atoms with E-state index in [0.717, 1.165) is 12.1 Å².